The minimum Gasteiger partial charge on any atom is -0.330 e. The first-order valence-electron chi connectivity index (χ1n) is 5.07. The average molecular weight is 245 g/mol. The molecule has 0 aliphatic heterocycles. The highest BCUT2D eigenvalue weighted by molar-refractivity contribution is 7.98. The Labute approximate surface area is 100 Å². The van der Waals surface area contributed by atoms with E-state index in [1.54, 1.807) is 11.3 Å². The van der Waals surface area contributed by atoms with Gasteiger partial charge < -0.3 is 5.73 Å². The molecular weight excluding hydrogens is 226 g/mol. The maximum Gasteiger partial charge on any atom is 0.0941 e. The maximum absolute atomic E-state index is 5.49. The quantitative estimate of drug-likeness (QED) is 0.789. The fourth-order valence-corrected chi connectivity index (χ4v) is 2.56. The Bertz CT molecular complexity index is 275. The van der Waals surface area contributed by atoms with Gasteiger partial charge in [-0.1, -0.05) is 0 Å². The Balaban J connectivity index is 2.35. The molecule has 0 aromatic carbocycles. The van der Waals surface area contributed by atoms with Crippen LogP contribution in [0.5, 0.6) is 0 Å². The number of nitrogens with two attached hydrogens (primary N) is 1. The van der Waals surface area contributed by atoms with Crippen molar-refractivity contribution >= 4 is 23.1 Å². The third kappa shape index (κ3) is 4.97. The van der Waals surface area contributed by atoms with Crippen molar-refractivity contribution in [2.45, 2.75) is 13.0 Å². The van der Waals surface area contributed by atoms with Crippen LogP contribution in [-0.4, -0.2) is 42.0 Å². The molecule has 1 aromatic heterocycles. The molecule has 1 rings (SSSR count). The van der Waals surface area contributed by atoms with Crippen LogP contribution in [0.15, 0.2) is 5.38 Å². The van der Waals surface area contributed by atoms with E-state index in [1.807, 2.05) is 11.8 Å². The Hall–Kier alpha value is -0.100. The molecule has 0 spiro atoms. The molecule has 0 unspecified atom stereocenters. The van der Waals surface area contributed by atoms with Gasteiger partial charge in [-0.25, -0.2) is 4.98 Å². The van der Waals surface area contributed by atoms with Gasteiger partial charge in [0.15, 0.2) is 0 Å². The lowest BCUT2D eigenvalue weighted by molar-refractivity contribution is 0.345. The molecule has 0 fully saturated rings. The second kappa shape index (κ2) is 7.22. The summed E-state index contributed by atoms with van der Waals surface area (Å²) in [6, 6.07) is 0. The smallest absolute Gasteiger partial charge is 0.0941 e. The molecule has 1 heterocycles. The molecule has 15 heavy (non-hydrogen) atoms. The van der Waals surface area contributed by atoms with Crippen molar-refractivity contribution in [3.63, 3.8) is 0 Å². The van der Waals surface area contributed by atoms with Crippen LogP contribution in [0.2, 0.25) is 0 Å². The summed E-state index contributed by atoms with van der Waals surface area (Å²) in [5.41, 5.74) is 6.66. The predicted molar refractivity (Wildman–Crippen MR) is 69.6 cm³/mol. The number of hydrogen-bond acceptors (Lipinski definition) is 5. The van der Waals surface area contributed by atoms with Crippen LogP contribution in [-0.2, 0) is 13.0 Å². The second-order valence-electron chi connectivity index (χ2n) is 3.50. The standard InChI is InChI=1S/C10H19N3S2/c1-13(5-6-14-2)7-9-8-15-10(12-9)3-4-11/h8H,3-7,11H2,1-2H3. The lowest BCUT2D eigenvalue weighted by Crippen LogP contribution is -2.20. The summed E-state index contributed by atoms with van der Waals surface area (Å²) in [6.07, 6.45) is 3.04. The first-order valence-corrected chi connectivity index (χ1v) is 7.34. The van der Waals surface area contributed by atoms with Crippen LogP contribution in [0, 0.1) is 0 Å². The summed E-state index contributed by atoms with van der Waals surface area (Å²) in [7, 11) is 2.14. The molecule has 0 bridgehead atoms. The van der Waals surface area contributed by atoms with Gasteiger partial charge in [0.1, 0.15) is 0 Å². The number of nitrogens with zero attached hydrogens (tertiary/aromatic N) is 2. The monoisotopic (exact) mass is 245 g/mol. The van der Waals surface area contributed by atoms with E-state index in [-0.39, 0.29) is 0 Å². The van der Waals surface area contributed by atoms with Crippen molar-refractivity contribution in [1.29, 1.82) is 0 Å². The van der Waals surface area contributed by atoms with Crippen LogP contribution < -0.4 is 5.73 Å². The summed E-state index contributed by atoms with van der Waals surface area (Å²) in [5, 5.41) is 3.30. The summed E-state index contributed by atoms with van der Waals surface area (Å²) in [4.78, 5) is 6.84. The van der Waals surface area contributed by atoms with Crippen molar-refractivity contribution in [3.05, 3.63) is 16.1 Å². The van der Waals surface area contributed by atoms with Gasteiger partial charge in [0.05, 0.1) is 10.7 Å². The molecule has 0 amide bonds. The molecule has 5 heteroatoms. The Morgan fingerprint density at radius 1 is 1.60 bits per heavy atom. The molecule has 86 valence electrons. The molecule has 0 saturated heterocycles. The summed E-state index contributed by atoms with van der Waals surface area (Å²) >= 11 is 3.59. The Morgan fingerprint density at radius 2 is 2.40 bits per heavy atom. The van der Waals surface area contributed by atoms with Gasteiger partial charge >= 0.3 is 0 Å². The summed E-state index contributed by atoms with van der Waals surface area (Å²) < 4.78 is 0. The second-order valence-corrected chi connectivity index (χ2v) is 5.43. The molecule has 0 atom stereocenters. The third-order valence-corrected chi connectivity index (χ3v) is 3.61. The van der Waals surface area contributed by atoms with Gasteiger partial charge in [0, 0.05) is 30.6 Å². The molecule has 0 saturated carbocycles. The van der Waals surface area contributed by atoms with Crippen molar-refractivity contribution in [2.24, 2.45) is 5.73 Å². The highest BCUT2D eigenvalue weighted by atomic mass is 32.2. The first-order chi connectivity index (χ1) is 7.26. The summed E-state index contributed by atoms with van der Waals surface area (Å²) in [6.45, 7) is 2.75. The third-order valence-electron chi connectivity index (χ3n) is 2.07. The highest BCUT2D eigenvalue weighted by Gasteiger charge is 2.04. The van der Waals surface area contributed by atoms with Gasteiger partial charge in [-0.2, -0.15) is 11.8 Å². The minimum atomic E-state index is 0.690. The van der Waals surface area contributed by atoms with E-state index in [1.165, 1.54) is 11.4 Å². The number of thioether (sulfide) groups is 1. The SMILES string of the molecule is CSCCN(C)Cc1csc(CCN)n1. The van der Waals surface area contributed by atoms with Gasteiger partial charge in [0.2, 0.25) is 0 Å². The van der Waals surface area contributed by atoms with E-state index in [0.29, 0.717) is 6.54 Å². The van der Waals surface area contributed by atoms with E-state index in [4.69, 9.17) is 5.73 Å². The van der Waals surface area contributed by atoms with Crippen LogP contribution in [0.1, 0.15) is 10.7 Å². The maximum atomic E-state index is 5.49. The van der Waals surface area contributed by atoms with Crippen molar-refractivity contribution in [3.8, 4) is 0 Å². The number of hydrogen-bond donors (Lipinski definition) is 1. The normalized spacial score (nSPS) is 11.2. The zero-order chi connectivity index (χ0) is 11.1. The van der Waals surface area contributed by atoms with Gasteiger partial charge in [0.25, 0.3) is 0 Å². The van der Waals surface area contributed by atoms with E-state index < -0.39 is 0 Å². The fraction of sp³-hybridized carbons (Fsp3) is 0.700. The van der Waals surface area contributed by atoms with Gasteiger partial charge in [-0.05, 0) is 19.8 Å². The molecule has 0 aliphatic rings. The molecule has 2 N–H and O–H groups in total. The van der Waals surface area contributed by atoms with Crippen molar-refractivity contribution < 1.29 is 0 Å². The lowest BCUT2D eigenvalue weighted by Gasteiger charge is -2.13. The minimum absolute atomic E-state index is 0.690. The zero-order valence-electron chi connectivity index (χ0n) is 9.40. The average Bonchev–Trinajstić information content (AvgIpc) is 2.63. The molecule has 0 radical (unpaired) electrons. The van der Waals surface area contributed by atoms with Crippen LogP contribution in [0.25, 0.3) is 0 Å². The predicted octanol–water partition coefficient (Wildman–Crippen LogP) is 1.44. The van der Waals surface area contributed by atoms with Crippen LogP contribution in [0.3, 0.4) is 0 Å². The molecular formula is C10H19N3S2. The van der Waals surface area contributed by atoms with Crippen LogP contribution >= 0.6 is 23.1 Å². The van der Waals surface area contributed by atoms with Crippen molar-refractivity contribution in [2.75, 3.05) is 32.1 Å². The van der Waals surface area contributed by atoms with E-state index in [2.05, 4.69) is 28.6 Å². The molecule has 0 aliphatic carbocycles. The van der Waals surface area contributed by atoms with Crippen molar-refractivity contribution in [1.82, 2.24) is 9.88 Å². The number of aromatic nitrogens is 1. The number of rotatable bonds is 7. The molecule has 3 nitrogen and oxygen atoms in total. The zero-order valence-corrected chi connectivity index (χ0v) is 11.0. The topological polar surface area (TPSA) is 42.1 Å². The Kier molecular flexibility index (Phi) is 6.24. The highest BCUT2D eigenvalue weighted by Crippen LogP contribution is 2.11. The van der Waals surface area contributed by atoms with E-state index >= 15 is 0 Å². The van der Waals surface area contributed by atoms with Gasteiger partial charge in [-0.3, -0.25) is 4.90 Å². The lowest BCUT2D eigenvalue weighted by atomic mass is 10.4. The van der Waals surface area contributed by atoms with Gasteiger partial charge in [-0.15, -0.1) is 11.3 Å². The van der Waals surface area contributed by atoms with E-state index in [0.717, 1.165) is 24.5 Å². The molecule has 1 aromatic rings. The Morgan fingerprint density at radius 3 is 3.07 bits per heavy atom. The van der Waals surface area contributed by atoms with Crippen LogP contribution in [0.4, 0.5) is 0 Å². The largest absolute Gasteiger partial charge is 0.330 e. The first kappa shape index (κ1) is 13.0. The number of thiazole rings is 1. The van der Waals surface area contributed by atoms with E-state index in [9.17, 15) is 0 Å². The summed E-state index contributed by atoms with van der Waals surface area (Å²) in [5.74, 6) is 1.18. The fourth-order valence-electron chi connectivity index (χ4n) is 1.26.